The summed E-state index contributed by atoms with van der Waals surface area (Å²) in [6.45, 7) is 21.4. The second kappa shape index (κ2) is 22.9. The molecule has 0 saturated carbocycles. The molecule has 10 rings (SSSR count). The number of carbonyl (C=O) groups excluding carboxylic acids is 4. The van der Waals surface area contributed by atoms with Crippen LogP contribution in [0.3, 0.4) is 0 Å². The number of aliphatic hydroxyl groups excluding tert-OH is 2. The Balaban J connectivity index is 1.00. The zero-order valence-electron chi connectivity index (χ0n) is 46.8. The lowest BCUT2D eigenvalue weighted by Gasteiger charge is -2.47. The Morgan fingerprint density at radius 2 is 1.65 bits per heavy atom. The third-order valence-electron chi connectivity index (χ3n) is 17.5. The van der Waals surface area contributed by atoms with Gasteiger partial charge in [0, 0.05) is 99.4 Å². The number of phenolic OH excluding ortho intramolecular Hbond substituents is 2. The first-order valence-electron chi connectivity index (χ1n) is 28.2. The number of hydrogen-bond donors (Lipinski definition) is 5. The number of ether oxygens (including phenoxy) is 3. The van der Waals surface area contributed by atoms with Gasteiger partial charge < -0.3 is 49.8 Å². The Kier molecular flexibility index (Phi) is 16.6. The van der Waals surface area contributed by atoms with Crippen LogP contribution >= 0.6 is 0 Å². The average molecular weight is 1070 g/mol. The standard InChI is InChI=1S/C61H80N6O11/c1-34(2)31-65-27-23-61(24-28-65)63-49-46-47-54(72)40(8)57-48(46)58(74)60(9,78-57)76-29-15-18-36(4)56(39(7)53(71)38(6)52(70)35(3)16-13-17-37(5)59(75)62-51(55(47)73)50(49)64-61)77-45(69)30-44(68)67-26-22-43-42(33-67)21-14-25-66(43)32-41-19-11-10-12-20-41/h10-13,15-17,19-20,29,34-36,38-39,42-43,52-53,56,63,70-73H,14,18,21-28,30-33H2,1-9H3/b16-13+,29-15+,37-17-,62-51?/t35?,36-,38-,39-,42?,43?,52+,53-,56?,60?/m1/s1. The SMILES string of the molecule is C/C1=C/C=C/C(C)[C@H](O)[C@@H](C)[C@@H](O)[C@@H](C)C(OC(=O)CC(=O)N2CCC3C(CCCN3Cc3ccccc3)C2)[C@H](C)C/C=C/OC2(C)Oc3c(C)c(O)c4c(O)c(c5c(c4c3C2=O)NC2(CCN(CC(C)C)CC2)N=5)=NC1=O. The van der Waals surface area contributed by atoms with Crippen molar-refractivity contribution < 1.29 is 53.8 Å². The minimum Gasteiger partial charge on any atom is -0.507 e. The van der Waals surface area contributed by atoms with Crippen LogP contribution < -0.4 is 20.8 Å². The van der Waals surface area contributed by atoms with E-state index < -0.39 is 83.3 Å². The molecule has 0 aliphatic carbocycles. The number of fused-ring (bicyclic) bond motifs is 14. The number of aromatic hydroxyl groups is 2. The lowest BCUT2D eigenvalue weighted by Crippen LogP contribution is -2.55. The zero-order chi connectivity index (χ0) is 56.0. The molecule has 10 atom stereocenters. The highest BCUT2D eigenvalue weighted by atomic mass is 16.7. The van der Waals surface area contributed by atoms with Crippen LogP contribution in [0.5, 0.6) is 17.2 Å². The predicted molar refractivity (Wildman–Crippen MR) is 295 cm³/mol. The molecule has 3 saturated heterocycles. The largest absolute Gasteiger partial charge is 0.507 e. The number of allylic oxidation sites excluding steroid dienone is 3. The van der Waals surface area contributed by atoms with E-state index in [1.807, 2.05) is 13.0 Å². The molecular weight excluding hydrogens is 993 g/mol. The fourth-order valence-corrected chi connectivity index (χ4v) is 13.0. The van der Waals surface area contributed by atoms with Crippen LogP contribution in [-0.2, 0) is 30.4 Å². The van der Waals surface area contributed by atoms with E-state index in [1.54, 1.807) is 63.8 Å². The van der Waals surface area contributed by atoms with Gasteiger partial charge in [-0.1, -0.05) is 90.1 Å². The molecule has 17 heteroatoms. The van der Waals surface area contributed by atoms with Crippen LogP contribution in [0.15, 0.2) is 76.5 Å². The highest BCUT2D eigenvalue weighted by Gasteiger charge is 2.51. The van der Waals surface area contributed by atoms with Gasteiger partial charge in [0.15, 0.2) is 5.75 Å². The highest BCUT2D eigenvalue weighted by molar-refractivity contribution is 6.21. The van der Waals surface area contributed by atoms with Crippen LogP contribution in [-0.4, -0.2) is 134 Å². The highest BCUT2D eigenvalue weighted by Crippen LogP contribution is 2.51. The van der Waals surface area contributed by atoms with Crippen molar-refractivity contribution in [3.8, 4) is 17.2 Å². The van der Waals surface area contributed by atoms with Crippen LogP contribution in [0.1, 0.15) is 122 Å². The first-order valence-corrected chi connectivity index (χ1v) is 28.2. The molecule has 3 aromatic rings. The van der Waals surface area contributed by atoms with Gasteiger partial charge >= 0.3 is 11.8 Å². The minimum absolute atomic E-state index is 0.0598. The molecular formula is C61H80N6O11. The third kappa shape index (κ3) is 11.2. The molecule has 420 valence electrons. The van der Waals surface area contributed by atoms with Gasteiger partial charge in [-0.15, -0.1) is 0 Å². The van der Waals surface area contributed by atoms with E-state index in [-0.39, 0.29) is 62.0 Å². The summed E-state index contributed by atoms with van der Waals surface area (Å²) in [5, 5.41) is 51.6. The van der Waals surface area contributed by atoms with Crippen molar-refractivity contribution in [3.63, 3.8) is 0 Å². The molecule has 78 heavy (non-hydrogen) atoms. The van der Waals surface area contributed by atoms with E-state index >= 15 is 0 Å². The molecule has 5 bridgehead atoms. The summed E-state index contributed by atoms with van der Waals surface area (Å²) in [5.74, 6) is -6.79. The van der Waals surface area contributed by atoms with E-state index in [0.29, 0.717) is 49.5 Å². The van der Waals surface area contributed by atoms with Crippen molar-refractivity contribution in [2.75, 3.05) is 44.6 Å². The number of benzene rings is 3. The van der Waals surface area contributed by atoms with Gasteiger partial charge in [0.05, 0.1) is 35.1 Å². The Hall–Kier alpha value is -6.14. The lowest BCUT2D eigenvalue weighted by atomic mass is 9.79. The van der Waals surface area contributed by atoms with Crippen LogP contribution in [0.4, 0.5) is 5.69 Å². The van der Waals surface area contributed by atoms with E-state index in [0.717, 1.165) is 52.0 Å². The van der Waals surface area contributed by atoms with Crippen LogP contribution in [0, 0.1) is 42.4 Å². The number of esters is 1. The normalized spacial score (nSPS) is 31.3. The second-order valence-corrected chi connectivity index (χ2v) is 23.8. The Morgan fingerprint density at radius 1 is 0.923 bits per heavy atom. The molecule has 17 nitrogen and oxygen atoms in total. The number of Topliss-reactive ketones (excluding diaryl/α,β-unsaturated/α-hetero) is 1. The predicted octanol–water partition coefficient (Wildman–Crippen LogP) is 7.01. The van der Waals surface area contributed by atoms with Gasteiger partial charge in [0.2, 0.25) is 5.91 Å². The number of carbonyl (C=O) groups is 4. The summed E-state index contributed by atoms with van der Waals surface area (Å²) >= 11 is 0. The van der Waals surface area contributed by atoms with Gasteiger partial charge in [-0.25, -0.2) is 4.99 Å². The summed E-state index contributed by atoms with van der Waals surface area (Å²) in [4.78, 5) is 73.2. The number of amides is 2. The van der Waals surface area contributed by atoms with Crippen molar-refractivity contribution in [1.29, 1.82) is 0 Å². The number of ketones is 1. The first-order chi connectivity index (χ1) is 37.1. The Morgan fingerprint density at radius 3 is 2.37 bits per heavy atom. The molecule has 0 radical (unpaired) electrons. The number of phenols is 2. The van der Waals surface area contributed by atoms with Crippen LogP contribution in [0.2, 0.25) is 0 Å². The number of nitrogens with zero attached hydrogens (tertiary/aromatic N) is 5. The number of rotatable bonds is 7. The number of nitrogens with one attached hydrogen (secondary N) is 1. The van der Waals surface area contributed by atoms with E-state index in [2.05, 4.69) is 58.2 Å². The van der Waals surface area contributed by atoms with Crippen molar-refractivity contribution in [2.45, 2.75) is 150 Å². The van der Waals surface area contributed by atoms with Gasteiger partial charge in [0.1, 0.15) is 40.4 Å². The molecule has 7 aliphatic heterocycles. The van der Waals surface area contributed by atoms with Gasteiger partial charge in [-0.05, 0) is 75.5 Å². The molecule has 5 N–H and O–H groups in total. The van der Waals surface area contributed by atoms with E-state index in [1.165, 1.54) is 18.7 Å². The number of aliphatic hydroxyl groups is 2. The van der Waals surface area contributed by atoms with E-state index in [4.69, 9.17) is 19.2 Å². The summed E-state index contributed by atoms with van der Waals surface area (Å²) in [6, 6.07) is 10.8. The fourth-order valence-electron chi connectivity index (χ4n) is 13.0. The van der Waals surface area contributed by atoms with Crippen molar-refractivity contribution in [3.05, 3.63) is 93.9 Å². The maximum absolute atomic E-state index is 14.9. The molecule has 3 fully saturated rings. The minimum atomic E-state index is -1.95. The van der Waals surface area contributed by atoms with Crippen molar-refractivity contribution >= 4 is 40.0 Å². The first kappa shape index (κ1) is 56.6. The molecule has 0 aromatic heterocycles. The molecule has 7 heterocycles. The average Bonchev–Trinajstić information content (AvgIpc) is 4.10. The monoisotopic (exact) mass is 1070 g/mol. The van der Waals surface area contributed by atoms with Gasteiger partial charge in [-0.3, -0.25) is 29.1 Å². The maximum Gasteiger partial charge on any atom is 0.315 e. The summed E-state index contributed by atoms with van der Waals surface area (Å²) in [7, 11) is 0. The summed E-state index contributed by atoms with van der Waals surface area (Å²) in [6.07, 6.45) is 8.48. The summed E-state index contributed by atoms with van der Waals surface area (Å²) < 4.78 is 18.8. The Labute approximate surface area is 457 Å². The second-order valence-electron chi connectivity index (χ2n) is 23.8. The number of anilines is 1. The van der Waals surface area contributed by atoms with Crippen molar-refractivity contribution in [2.24, 2.45) is 45.5 Å². The maximum atomic E-state index is 14.9. The smallest absolute Gasteiger partial charge is 0.315 e. The van der Waals surface area contributed by atoms with Gasteiger partial charge in [-0.2, -0.15) is 0 Å². The number of likely N-dealkylation sites (tertiary alicyclic amines) is 3. The number of piperidine rings is 3. The fraction of sp³-hybridized carbons (Fsp3) is 0.574. The number of hydrogen-bond acceptors (Lipinski definition) is 15. The molecule has 5 unspecified atom stereocenters. The summed E-state index contributed by atoms with van der Waals surface area (Å²) in [5.41, 5.74) is 1.14. The van der Waals surface area contributed by atoms with Crippen LogP contribution in [0.25, 0.3) is 10.8 Å². The lowest BCUT2D eigenvalue weighted by molar-refractivity contribution is -0.163. The molecule has 2 amide bonds. The zero-order valence-corrected chi connectivity index (χ0v) is 46.8. The van der Waals surface area contributed by atoms with E-state index in [9.17, 15) is 39.6 Å². The quantitative estimate of drug-likeness (QED) is 0.0913. The Bertz CT molecular complexity index is 3020. The molecule has 1 spiro atoms. The third-order valence-corrected chi connectivity index (χ3v) is 17.5. The van der Waals surface area contributed by atoms with Crippen molar-refractivity contribution in [1.82, 2.24) is 14.7 Å². The van der Waals surface area contributed by atoms with Gasteiger partial charge in [0.25, 0.3) is 11.7 Å². The topological polar surface area (TPSA) is 223 Å². The molecule has 7 aliphatic rings. The molecule has 3 aromatic carbocycles.